The van der Waals surface area contributed by atoms with Crippen molar-refractivity contribution in [1.82, 2.24) is 10.6 Å². The van der Waals surface area contributed by atoms with Gasteiger partial charge in [-0.05, 0) is 77.5 Å². The van der Waals surface area contributed by atoms with Crippen molar-refractivity contribution in [3.63, 3.8) is 0 Å². The summed E-state index contributed by atoms with van der Waals surface area (Å²) in [4.78, 5) is 37.8. The number of benzene rings is 2. The van der Waals surface area contributed by atoms with Crippen LogP contribution < -0.4 is 16.0 Å². The van der Waals surface area contributed by atoms with Gasteiger partial charge in [-0.2, -0.15) is 11.8 Å². The van der Waals surface area contributed by atoms with Crippen LogP contribution in [0.3, 0.4) is 0 Å². The highest BCUT2D eigenvalue weighted by atomic mass is 79.9. The third-order valence-corrected chi connectivity index (χ3v) is 5.99. The number of nitrogens with one attached hydrogen (secondary N) is 3. The van der Waals surface area contributed by atoms with Gasteiger partial charge in [-0.15, -0.1) is 0 Å². The molecule has 0 saturated heterocycles. The predicted molar refractivity (Wildman–Crippen MR) is 124 cm³/mol. The number of halogens is 1. The Balaban J connectivity index is 1.68. The second kappa shape index (κ2) is 10.6. The number of hydrogen-bond donors (Lipinski definition) is 3. The second-order valence-electron chi connectivity index (χ2n) is 7.11. The van der Waals surface area contributed by atoms with E-state index >= 15 is 0 Å². The van der Waals surface area contributed by atoms with Gasteiger partial charge in [0.2, 0.25) is 5.91 Å². The zero-order valence-electron chi connectivity index (χ0n) is 16.6. The van der Waals surface area contributed by atoms with Gasteiger partial charge in [0.1, 0.15) is 6.04 Å². The van der Waals surface area contributed by atoms with Crippen molar-refractivity contribution < 1.29 is 14.4 Å². The minimum Gasteiger partial charge on any atom is -0.349 e. The maximum Gasteiger partial charge on any atom is 0.253 e. The summed E-state index contributed by atoms with van der Waals surface area (Å²) in [6.07, 6.45) is 4.46. The Kier molecular flexibility index (Phi) is 7.93. The van der Waals surface area contributed by atoms with Gasteiger partial charge in [-0.25, -0.2) is 0 Å². The van der Waals surface area contributed by atoms with Gasteiger partial charge >= 0.3 is 0 Å². The first kappa shape index (κ1) is 22.4. The lowest BCUT2D eigenvalue weighted by Crippen LogP contribution is -2.44. The average Bonchev–Trinajstić information content (AvgIpc) is 3.55. The minimum atomic E-state index is -0.694. The van der Waals surface area contributed by atoms with Crippen molar-refractivity contribution in [3.05, 3.63) is 64.1 Å². The van der Waals surface area contributed by atoms with E-state index in [0.717, 1.165) is 18.6 Å². The molecule has 1 atom stereocenters. The van der Waals surface area contributed by atoms with Crippen molar-refractivity contribution in [2.24, 2.45) is 0 Å². The molecule has 2 aromatic rings. The highest BCUT2D eigenvalue weighted by Crippen LogP contribution is 2.20. The molecule has 1 aliphatic carbocycles. The van der Waals surface area contributed by atoms with E-state index in [1.165, 1.54) is 0 Å². The highest BCUT2D eigenvalue weighted by Gasteiger charge is 2.25. The normalized spacial score (nSPS) is 13.9. The largest absolute Gasteiger partial charge is 0.349 e. The fraction of sp³-hybridized carbons (Fsp3) is 0.318. The van der Waals surface area contributed by atoms with Crippen LogP contribution >= 0.6 is 27.7 Å². The van der Waals surface area contributed by atoms with Gasteiger partial charge in [0.05, 0.1) is 5.56 Å². The Hall–Kier alpha value is -2.32. The number of thioether (sulfide) groups is 1. The number of anilines is 1. The van der Waals surface area contributed by atoms with Crippen molar-refractivity contribution >= 4 is 51.1 Å². The molecule has 3 rings (SSSR count). The van der Waals surface area contributed by atoms with E-state index in [1.54, 1.807) is 54.2 Å². The summed E-state index contributed by atoms with van der Waals surface area (Å²) >= 11 is 4.97. The highest BCUT2D eigenvalue weighted by molar-refractivity contribution is 9.10. The summed E-state index contributed by atoms with van der Waals surface area (Å²) in [5, 5.41) is 8.59. The summed E-state index contributed by atoms with van der Waals surface area (Å²) in [7, 11) is 0. The molecule has 1 saturated carbocycles. The second-order valence-corrected chi connectivity index (χ2v) is 8.95. The van der Waals surface area contributed by atoms with Crippen LogP contribution in [0.15, 0.2) is 53.0 Å². The smallest absolute Gasteiger partial charge is 0.253 e. The van der Waals surface area contributed by atoms with Crippen molar-refractivity contribution in [1.29, 1.82) is 0 Å². The van der Waals surface area contributed by atoms with Crippen molar-refractivity contribution in [3.8, 4) is 0 Å². The zero-order valence-corrected chi connectivity index (χ0v) is 19.0. The van der Waals surface area contributed by atoms with E-state index in [4.69, 9.17) is 0 Å². The van der Waals surface area contributed by atoms with Gasteiger partial charge in [0.25, 0.3) is 11.8 Å². The summed E-state index contributed by atoms with van der Waals surface area (Å²) in [5.41, 5.74) is 1.49. The maximum absolute atomic E-state index is 12.9. The van der Waals surface area contributed by atoms with E-state index < -0.39 is 6.04 Å². The summed E-state index contributed by atoms with van der Waals surface area (Å²) in [5.74, 6) is -0.0571. The average molecular weight is 490 g/mol. The topological polar surface area (TPSA) is 87.3 Å². The number of rotatable bonds is 9. The van der Waals surface area contributed by atoms with Crippen LogP contribution in [0.4, 0.5) is 5.69 Å². The fourth-order valence-corrected chi connectivity index (χ4v) is 3.79. The monoisotopic (exact) mass is 489 g/mol. The first-order valence-corrected chi connectivity index (χ1v) is 11.9. The molecule has 8 heteroatoms. The van der Waals surface area contributed by atoms with Crippen LogP contribution in [0.25, 0.3) is 0 Å². The Morgan fingerprint density at radius 2 is 1.87 bits per heavy atom. The number of carbonyl (C=O) groups is 3. The Morgan fingerprint density at radius 3 is 2.57 bits per heavy atom. The summed E-state index contributed by atoms with van der Waals surface area (Å²) in [6, 6.07) is 13.5. The van der Waals surface area contributed by atoms with Crippen LogP contribution in [0.1, 0.15) is 40.0 Å². The molecule has 0 aliphatic heterocycles. The summed E-state index contributed by atoms with van der Waals surface area (Å²) < 4.78 is 0.668. The molecule has 30 heavy (non-hydrogen) atoms. The van der Waals surface area contributed by atoms with E-state index in [2.05, 4.69) is 31.9 Å². The molecule has 3 N–H and O–H groups in total. The molecule has 1 aliphatic rings. The molecule has 1 fully saturated rings. The quantitative estimate of drug-likeness (QED) is 0.499. The lowest BCUT2D eigenvalue weighted by Gasteiger charge is -2.19. The van der Waals surface area contributed by atoms with Crippen LogP contribution in [-0.4, -0.2) is 41.8 Å². The van der Waals surface area contributed by atoms with Crippen LogP contribution in [0, 0.1) is 0 Å². The van der Waals surface area contributed by atoms with E-state index in [0.29, 0.717) is 27.7 Å². The molecule has 0 radical (unpaired) electrons. The first-order chi connectivity index (χ1) is 14.5. The van der Waals surface area contributed by atoms with Crippen LogP contribution in [-0.2, 0) is 4.79 Å². The molecule has 0 heterocycles. The van der Waals surface area contributed by atoms with Crippen molar-refractivity contribution in [2.45, 2.75) is 31.3 Å². The molecule has 0 bridgehead atoms. The summed E-state index contributed by atoms with van der Waals surface area (Å²) in [6.45, 7) is 0. The molecule has 1 unspecified atom stereocenters. The van der Waals surface area contributed by atoms with Crippen LogP contribution in [0.5, 0.6) is 0 Å². The minimum absolute atomic E-state index is 0.144. The molecule has 158 valence electrons. The van der Waals surface area contributed by atoms with E-state index in [1.807, 2.05) is 12.3 Å². The maximum atomic E-state index is 12.9. The molecular formula is C22H24BrN3O3S. The Labute approximate surface area is 188 Å². The van der Waals surface area contributed by atoms with Gasteiger partial charge in [0.15, 0.2) is 0 Å². The molecule has 0 spiro atoms. The molecular weight excluding hydrogens is 466 g/mol. The van der Waals surface area contributed by atoms with Crippen molar-refractivity contribution in [2.75, 3.05) is 17.3 Å². The number of carbonyl (C=O) groups excluding carboxylic acids is 3. The van der Waals surface area contributed by atoms with Gasteiger partial charge in [-0.3, -0.25) is 14.4 Å². The zero-order chi connectivity index (χ0) is 21.5. The fourth-order valence-electron chi connectivity index (χ4n) is 2.85. The SMILES string of the molecule is CSCCC(NC(=O)c1ccccc1Br)C(=O)Nc1cccc(C(=O)NC2CC2)c1. The Morgan fingerprint density at radius 1 is 1.10 bits per heavy atom. The standard InChI is InChI=1S/C22H24BrN3O3S/c1-30-12-11-19(26-21(28)17-7-2-3-8-18(17)23)22(29)25-16-6-4-5-14(13-16)20(27)24-15-9-10-15/h2-8,13,15,19H,9-12H2,1H3,(H,24,27)(H,25,29)(H,26,28). The van der Waals surface area contributed by atoms with E-state index in [-0.39, 0.29) is 23.8 Å². The lowest BCUT2D eigenvalue weighted by atomic mass is 10.1. The molecule has 2 aromatic carbocycles. The Bertz CT molecular complexity index is 933. The van der Waals surface area contributed by atoms with E-state index in [9.17, 15) is 14.4 Å². The predicted octanol–water partition coefficient (Wildman–Crippen LogP) is 3.83. The third-order valence-electron chi connectivity index (χ3n) is 4.66. The number of hydrogen-bond acceptors (Lipinski definition) is 4. The van der Waals surface area contributed by atoms with Gasteiger partial charge < -0.3 is 16.0 Å². The van der Waals surface area contributed by atoms with Gasteiger partial charge in [0, 0.05) is 21.8 Å². The first-order valence-electron chi connectivity index (χ1n) is 9.74. The van der Waals surface area contributed by atoms with Gasteiger partial charge in [-0.1, -0.05) is 18.2 Å². The molecule has 3 amide bonds. The molecule has 0 aromatic heterocycles. The third kappa shape index (κ3) is 6.34. The number of amides is 3. The lowest BCUT2D eigenvalue weighted by molar-refractivity contribution is -0.118. The molecule has 6 nitrogen and oxygen atoms in total. The van der Waals surface area contributed by atoms with Crippen LogP contribution in [0.2, 0.25) is 0 Å².